The van der Waals surface area contributed by atoms with Crippen molar-refractivity contribution in [1.82, 2.24) is 15.1 Å². The molecule has 2 amide bonds. The van der Waals surface area contributed by atoms with Crippen LogP contribution in [0.1, 0.15) is 58.4 Å². The molecule has 1 aliphatic carbocycles. The number of carboxylic acids is 1. The molecule has 3 heterocycles. The molecular weight excluding hydrogens is 550 g/mol. The van der Waals surface area contributed by atoms with Crippen LogP contribution < -0.4 is 10.6 Å². The van der Waals surface area contributed by atoms with Crippen molar-refractivity contribution in [2.75, 3.05) is 31.5 Å². The molecular formula is C32H33N5O6. The molecule has 11 nitrogen and oxygen atoms in total. The number of aromatic carboxylic acids is 1. The number of aryl methyl sites for hydroxylation is 1. The maximum absolute atomic E-state index is 13.8. The summed E-state index contributed by atoms with van der Waals surface area (Å²) in [6.07, 6.45) is 6.90. The lowest BCUT2D eigenvalue weighted by molar-refractivity contribution is -0.140. The van der Waals surface area contributed by atoms with Gasteiger partial charge >= 0.3 is 5.97 Å². The number of rotatable bonds is 9. The minimum Gasteiger partial charge on any atom is -0.478 e. The maximum Gasteiger partial charge on any atom is 0.335 e. The average molecular weight is 584 g/mol. The van der Waals surface area contributed by atoms with E-state index in [1.54, 1.807) is 22.1 Å². The Bertz CT molecular complexity index is 1580. The summed E-state index contributed by atoms with van der Waals surface area (Å²) in [6.45, 7) is 3.70. The summed E-state index contributed by atoms with van der Waals surface area (Å²) in [7, 11) is 0. The number of hydrogen-bond donors (Lipinski definition) is 3. The molecule has 3 aliphatic heterocycles. The lowest BCUT2D eigenvalue weighted by atomic mass is 10.0. The average Bonchev–Trinajstić information content (AvgIpc) is 3.62. The van der Waals surface area contributed by atoms with Gasteiger partial charge in [-0.3, -0.25) is 14.4 Å². The third-order valence-electron chi connectivity index (χ3n) is 7.97. The van der Waals surface area contributed by atoms with Crippen molar-refractivity contribution in [2.45, 2.75) is 45.1 Å². The van der Waals surface area contributed by atoms with E-state index >= 15 is 0 Å². The number of anilines is 1. The van der Waals surface area contributed by atoms with Gasteiger partial charge in [-0.05, 0) is 68.9 Å². The van der Waals surface area contributed by atoms with Crippen molar-refractivity contribution in [1.29, 1.82) is 5.26 Å². The van der Waals surface area contributed by atoms with Crippen LogP contribution in [0.15, 0.2) is 64.7 Å². The molecule has 0 bridgehead atoms. The number of nitrogens with zero attached hydrogens (tertiary/aromatic N) is 3. The number of ketones is 1. The van der Waals surface area contributed by atoms with Crippen LogP contribution in [0.4, 0.5) is 5.69 Å². The minimum absolute atomic E-state index is 0.00688. The molecule has 1 aromatic rings. The van der Waals surface area contributed by atoms with Gasteiger partial charge in [0, 0.05) is 36.3 Å². The second kappa shape index (κ2) is 12.8. The van der Waals surface area contributed by atoms with E-state index in [1.807, 2.05) is 19.1 Å². The molecule has 4 aliphatic rings. The van der Waals surface area contributed by atoms with Crippen LogP contribution in [-0.4, -0.2) is 70.7 Å². The van der Waals surface area contributed by atoms with Gasteiger partial charge in [-0.15, -0.1) is 0 Å². The highest BCUT2D eigenvalue weighted by Gasteiger charge is 2.32. The fourth-order valence-electron chi connectivity index (χ4n) is 5.63. The number of fused-ring (bicyclic) bond motifs is 1. The molecule has 43 heavy (non-hydrogen) atoms. The Hall–Kier alpha value is -5.11. The van der Waals surface area contributed by atoms with Gasteiger partial charge in [0.05, 0.1) is 30.3 Å². The SMILES string of the molecule is Cc1cc2coccc-2c1NC(N[C@H]1CCCCN(CC(=O)N2CCCC2)C1=O)=C(C#N)C(=O)c1ccc(C(=O)O)cc1. The van der Waals surface area contributed by atoms with Gasteiger partial charge < -0.3 is 30.0 Å². The zero-order chi connectivity index (χ0) is 30.5. The molecule has 2 fully saturated rings. The smallest absolute Gasteiger partial charge is 0.335 e. The van der Waals surface area contributed by atoms with Crippen molar-refractivity contribution in [3.05, 3.63) is 77.0 Å². The molecule has 2 saturated heterocycles. The molecule has 1 aromatic carbocycles. The monoisotopic (exact) mass is 583 g/mol. The summed E-state index contributed by atoms with van der Waals surface area (Å²) in [5.74, 6) is -2.08. The first-order valence-corrected chi connectivity index (χ1v) is 14.3. The topological polar surface area (TPSA) is 156 Å². The van der Waals surface area contributed by atoms with Gasteiger partial charge in [0.1, 0.15) is 23.5 Å². The number of likely N-dealkylation sites (tertiary alicyclic amines) is 2. The van der Waals surface area contributed by atoms with Crippen LogP contribution in [0.25, 0.3) is 11.1 Å². The summed E-state index contributed by atoms with van der Waals surface area (Å²) in [5.41, 5.74) is 2.93. The Kier molecular flexibility index (Phi) is 8.76. The van der Waals surface area contributed by atoms with Crippen LogP contribution >= 0.6 is 0 Å². The van der Waals surface area contributed by atoms with Crippen LogP contribution in [0.3, 0.4) is 0 Å². The summed E-state index contributed by atoms with van der Waals surface area (Å²) in [4.78, 5) is 55.0. The summed E-state index contributed by atoms with van der Waals surface area (Å²) in [5, 5.41) is 25.9. The van der Waals surface area contributed by atoms with Crippen molar-refractivity contribution in [3.63, 3.8) is 0 Å². The zero-order valence-corrected chi connectivity index (χ0v) is 23.9. The lowest BCUT2D eigenvalue weighted by Gasteiger charge is -2.28. The highest BCUT2D eigenvalue weighted by atomic mass is 16.4. The predicted molar refractivity (Wildman–Crippen MR) is 157 cm³/mol. The first kappa shape index (κ1) is 29.4. The highest BCUT2D eigenvalue weighted by molar-refractivity contribution is 6.12. The molecule has 11 heteroatoms. The molecule has 1 atom stereocenters. The Labute approximate surface area is 249 Å². The molecule has 0 spiro atoms. The molecule has 5 rings (SSSR count). The van der Waals surface area contributed by atoms with Crippen molar-refractivity contribution >= 4 is 29.3 Å². The van der Waals surface area contributed by atoms with E-state index in [-0.39, 0.29) is 40.9 Å². The summed E-state index contributed by atoms with van der Waals surface area (Å²) >= 11 is 0. The predicted octanol–water partition coefficient (Wildman–Crippen LogP) is 4.01. The number of hydrogen-bond acceptors (Lipinski definition) is 8. The normalized spacial score (nSPS) is 17.7. The van der Waals surface area contributed by atoms with E-state index < -0.39 is 17.8 Å². The van der Waals surface area contributed by atoms with Gasteiger partial charge in [0.15, 0.2) is 0 Å². The number of carbonyl (C=O) groups is 4. The second-order valence-corrected chi connectivity index (χ2v) is 10.9. The number of benzene rings is 1. The van der Waals surface area contributed by atoms with Gasteiger partial charge in [-0.2, -0.15) is 5.26 Å². The third-order valence-corrected chi connectivity index (χ3v) is 7.97. The van der Waals surface area contributed by atoms with Gasteiger partial charge in [-0.25, -0.2) is 4.79 Å². The number of nitriles is 1. The van der Waals surface area contributed by atoms with Gasteiger partial charge in [-0.1, -0.05) is 12.1 Å². The van der Waals surface area contributed by atoms with Crippen LogP contribution in [0.5, 0.6) is 0 Å². The standard InChI is InChI=1S/C32H33N5O6/c1-20-16-23-19-43-15-11-24(23)28(20)35-30(25(17-33)29(39)21-7-9-22(10-8-21)32(41)42)34-26-6-2-3-14-37(31(26)40)18-27(38)36-12-4-5-13-36/h7-11,15-16,19,26,34-35H,2-6,12-14,18H2,1H3,(H,41,42)/t26-/m0/s1. The van der Waals surface area contributed by atoms with Crippen molar-refractivity contribution in [3.8, 4) is 17.2 Å². The first-order chi connectivity index (χ1) is 20.8. The molecule has 0 aromatic heterocycles. The fraction of sp³-hybridized carbons (Fsp3) is 0.344. The van der Waals surface area contributed by atoms with E-state index in [2.05, 4.69) is 10.6 Å². The van der Waals surface area contributed by atoms with E-state index in [1.165, 1.54) is 30.5 Å². The Morgan fingerprint density at radius 1 is 1.05 bits per heavy atom. The lowest BCUT2D eigenvalue weighted by Crippen LogP contribution is -2.49. The van der Waals surface area contributed by atoms with E-state index in [4.69, 9.17) is 4.42 Å². The van der Waals surface area contributed by atoms with Gasteiger partial charge in [0.25, 0.3) is 0 Å². The largest absolute Gasteiger partial charge is 0.478 e. The number of allylic oxidation sites excluding steroid dienone is 1. The summed E-state index contributed by atoms with van der Waals surface area (Å²) in [6, 6.07) is 10.2. The Morgan fingerprint density at radius 3 is 2.44 bits per heavy atom. The zero-order valence-electron chi connectivity index (χ0n) is 23.9. The second-order valence-electron chi connectivity index (χ2n) is 10.9. The van der Waals surface area contributed by atoms with Crippen molar-refractivity contribution < 1.29 is 28.7 Å². The molecule has 0 unspecified atom stereocenters. The van der Waals surface area contributed by atoms with E-state index in [0.29, 0.717) is 38.2 Å². The number of amides is 2. The minimum atomic E-state index is -1.14. The highest BCUT2D eigenvalue weighted by Crippen LogP contribution is 2.37. The molecule has 0 saturated carbocycles. The Morgan fingerprint density at radius 2 is 1.74 bits per heavy atom. The third kappa shape index (κ3) is 6.38. The quantitative estimate of drug-likeness (QED) is 0.192. The van der Waals surface area contributed by atoms with E-state index in [0.717, 1.165) is 36.0 Å². The number of carbonyl (C=O) groups excluding carboxylic acids is 3. The number of Topliss-reactive ketones (excluding diaryl/α,β-unsaturated/α-hetero) is 1. The number of carboxylic acid groups (broad SMARTS) is 1. The maximum atomic E-state index is 13.8. The fourth-order valence-corrected chi connectivity index (χ4v) is 5.63. The van der Waals surface area contributed by atoms with Crippen LogP contribution in [0, 0.1) is 18.3 Å². The molecule has 222 valence electrons. The first-order valence-electron chi connectivity index (χ1n) is 14.3. The summed E-state index contributed by atoms with van der Waals surface area (Å²) < 4.78 is 5.30. The molecule has 3 N–H and O–H groups in total. The van der Waals surface area contributed by atoms with Crippen LogP contribution in [0.2, 0.25) is 0 Å². The Balaban J connectivity index is 1.49. The number of nitrogens with one attached hydrogen (secondary N) is 2. The van der Waals surface area contributed by atoms with Crippen LogP contribution in [-0.2, 0) is 9.59 Å². The van der Waals surface area contributed by atoms with Gasteiger partial charge in [0.2, 0.25) is 17.6 Å². The van der Waals surface area contributed by atoms with E-state index in [9.17, 15) is 29.5 Å². The van der Waals surface area contributed by atoms with Crippen molar-refractivity contribution in [2.24, 2.45) is 0 Å². The molecule has 0 radical (unpaired) electrons.